The van der Waals surface area contributed by atoms with E-state index in [1.807, 2.05) is 34.0 Å². The van der Waals surface area contributed by atoms with E-state index in [0.717, 1.165) is 22.1 Å². The Hall–Kier alpha value is -1.63. The van der Waals surface area contributed by atoms with Crippen LogP contribution in [0.15, 0.2) is 5.16 Å². The topological polar surface area (TPSA) is 84.0 Å². The minimum Gasteiger partial charge on any atom is -0.354 e. The Bertz CT molecular complexity index is 538. The Kier molecular flexibility index (Phi) is 8.02. The summed E-state index contributed by atoms with van der Waals surface area (Å²) in [6.07, 6.45) is 2.96. The molecule has 0 aromatic carbocycles. The Morgan fingerprint density at radius 1 is 1.09 bits per heavy atom. The van der Waals surface area contributed by atoms with Crippen molar-refractivity contribution >= 4 is 23.6 Å². The number of aromatic nitrogens is 2. The van der Waals surface area contributed by atoms with Crippen molar-refractivity contribution in [1.82, 2.24) is 20.6 Å². The van der Waals surface area contributed by atoms with Gasteiger partial charge in [-0.2, -0.15) is 0 Å². The third-order valence-corrected chi connectivity index (χ3v) is 4.00. The molecule has 1 rings (SSSR count). The maximum Gasteiger partial charge on any atom is 0.222 e. The lowest BCUT2D eigenvalue weighted by atomic mass is 10.1. The highest BCUT2D eigenvalue weighted by atomic mass is 32.2. The number of hydrogen-bond acceptors (Lipinski definition) is 5. The van der Waals surface area contributed by atoms with E-state index in [0.29, 0.717) is 25.9 Å². The van der Waals surface area contributed by atoms with E-state index in [1.54, 1.807) is 0 Å². The third-order valence-electron chi connectivity index (χ3n) is 3.46. The van der Waals surface area contributed by atoms with Crippen molar-refractivity contribution < 1.29 is 9.59 Å². The molecule has 1 aromatic rings. The Morgan fingerprint density at radius 2 is 1.65 bits per heavy atom. The van der Waals surface area contributed by atoms with Crippen LogP contribution in [-0.4, -0.2) is 41.1 Å². The molecule has 1 aromatic heterocycles. The number of nitrogens with zero attached hydrogens (tertiary/aromatic N) is 2. The second-order valence-electron chi connectivity index (χ2n) is 5.66. The summed E-state index contributed by atoms with van der Waals surface area (Å²) in [5.41, 5.74) is 2.89. The Balaban J connectivity index is 2.38. The van der Waals surface area contributed by atoms with Gasteiger partial charge in [0.05, 0.1) is 0 Å². The molecule has 7 heteroatoms. The van der Waals surface area contributed by atoms with Gasteiger partial charge in [-0.1, -0.05) is 25.6 Å². The summed E-state index contributed by atoms with van der Waals surface area (Å²) in [6.45, 7) is 8.46. The van der Waals surface area contributed by atoms with Crippen LogP contribution in [0.2, 0.25) is 0 Å². The monoisotopic (exact) mass is 338 g/mol. The highest BCUT2D eigenvalue weighted by Crippen LogP contribution is 2.16. The van der Waals surface area contributed by atoms with Crippen LogP contribution in [0.5, 0.6) is 0 Å². The number of carbonyl (C=O) groups excluding carboxylic acids is 2. The van der Waals surface area contributed by atoms with Gasteiger partial charge < -0.3 is 10.6 Å². The van der Waals surface area contributed by atoms with Crippen LogP contribution in [0.25, 0.3) is 0 Å². The summed E-state index contributed by atoms with van der Waals surface area (Å²) >= 11 is 1.51. The van der Waals surface area contributed by atoms with Crippen molar-refractivity contribution in [2.75, 3.05) is 19.3 Å². The fourth-order valence-electron chi connectivity index (χ4n) is 2.08. The zero-order valence-electron chi connectivity index (χ0n) is 14.5. The number of aryl methyl sites for hydroxylation is 2. The van der Waals surface area contributed by atoms with Gasteiger partial charge in [0, 0.05) is 36.8 Å². The summed E-state index contributed by atoms with van der Waals surface area (Å²) in [5, 5.41) is 6.33. The first kappa shape index (κ1) is 19.4. The predicted molar refractivity (Wildman–Crippen MR) is 92.5 cm³/mol. The van der Waals surface area contributed by atoms with Gasteiger partial charge in [-0.25, -0.2) is 9.97 Å². The van der Waals surface area contributed by atoms with Gasteiger partial charge in [0.1, 0.15) is 0 Å². The lowest BCUT2D eigenvalue weighted by Gasteiger charge is -2.11. The van der Waals surface area contributed by atoms with Gasteiger partial charge in [-0.15, -0.1) is 0 Å². The van der Waals surface area contributed by atoms with E-state index in [9.17, 15) is 9.59 Å². The largest absolute Gasteiger partial charge is 0.354 e. The van der Waals surface area contributed by atoms with Crippen molar-refractivity contribution in [3.63, 3.8) is 0 Å². The van der Waals surface area contributed by atoms with Gasteiger partial charge in [0.2, 0.25) is 11.8 Å². The molecule has 0 bridgehead atoms. The number of nitrogens with one attached hydrogen (secondary N) is 2. The first-order valence-corrected chi connectivity index (χ1v) is 9.00. The lowest BCUT2D eigenvalue weighted by Crippen LogP contribution is -2.36. The molecule has 128 valence electrons. The van der Waals surface area contributed by atoms with Crippen LogP contribution in [0, 0.1) is 19.8 Å². The minimum atomic E-state index is -0.0408. The third kappa shape index (κ3) is 6.56. The van der Waals surface area contributed by atoms with Crippen molar-refractivity contribution in [1.29, 1.82) is 0 Å². The molecule has 0 aliphatic heterocycles. The summed E-state index contributed by atoms with van der Waals surface area (Å²) in [5.74, 6) is -0.0750. The molecule has 1 heterocycles. The molecule has 2 N–H and O–H groups in total. The lowest BCUT2D eigenvalue weighted by molar-refractivity contribution is -0.124. The fourth-order valence-corrected chi connectivity index (χ4v) is 2.54. The van der Waals surface area contributed by atoms with Gasteiger partial charge >= 0.3 is 0 Å². The van der Waals surface area contributed by atoms with Crippen molar-refractivity contribution in [3.05, 3.63) is 17.0 Å². The molecule has 0 saturated carbocycles. The zero-order chi connectivity index (χ0) is 17.4. The molecule has 0 radical (unpaired) electrons. The number of thioether (sulfide) groups is 1. The van der Waals surface area contributed by atoms with E-state index in [-0.39, 0.29) is 17.7 Å². The first-order valence-electron chi connectivity index (χ1n) is 7.77. The standard InChI is InChI=1S/C16H26N4O2S/c1-10(2)15(22)18-9-8-17-14(21)7-6-13-11(3)19-16(23-5)20-12(13)4/h10H,6-9H2,1-5H3,(H,17,21)(H,18,22). The Labute approximate surface area is 142 Å². The maximum absolute atomic E-state index is 11.9. The molecule has 0 atom stereocenters. The number of carbonyl (C=O) groups is 2. The summed E-state index contributed by atoms with van der Waals surface area (Å²) < 4.78 is 0. The normalized spacial score (nSPS) is 10.7. The van der Waals surface area contributed by atoms with Gasteiger partial charge in [0.25, 0.3) is 0 Å². The van der Waals surface area contributed by atoms with Gasteiger partial charge in [-0.05, 0) is 32.1 Å². The van der Waals surface area contributed by atoms with Crippen LogP contribution in [-0.2, 0) is 16.0 Å². The first-order chi connectivity index (χ1) is 10.8. The van der Waals surface area contributed by atoms with Crippen LogP contribution in [0.3, 0.4) is 0 Å². The maximum atomic E-state index is 11.9. The minimum absolute atomic E-state index is 0.00321. The van der Waals surface area contributed by atoms with E-state index in [1.165, 1.54) is 11.8 Å². The van der Waals surface area contributed by atoms with Crippen molar-refractivity contribution in [3.8, 4) is 0 Å². The molecule has 0 aliphatic rings. The summed E-state index contributed by atoms with van der Waals surface area (Å²) in [6, 6.07) is 0. The average Bonchev–Trinajstić information content (AvgIpc) is 2.50. The molecule has 0 saturated heterocycles. The highest BCUT2D eigenvalue weighted by Gasteiger charge is 2.11. The second-order valence-corrected chi connectivity index (χ2v) is 6.43. The Morgan fingerprint density at radius 3 is 2.17 bits per heavy atom. The summed E-state index contributed by atoms with van der Waals surface area (Å²) in [4.78, 5) is 32.1. The van der Waals surface area contributed by atoms with Crippen LogP contribution in [0.1, 0.15) is 37.2 Å². The van der Waals surface area contributed by atoms with Crippen molar-refractivity contribution in [2.45, 2.75) is 45.7 Å². The van der Waals surface area contributed by atoms with Crippen molar-refractivity contribution in [2.24, 2.45) is 5.92 Å². The molecule has 0 spiro atoms. The predicted octanol–water partition coefficient (Wildman–Crippen LogP) is 1.64. The second kappa shape index (κ2) is 9.50. The number of hydrogen-bond donors (Lipinski definition) is 2. The van der Waals surface area contributed by atoms with Crippen LogP contribution in [0.4, 0.5) is 0 Å². The fraction of sp³-hybridized carbons (Fsp3) is 0.625. The quantitative estimate of drug-likeness (QED) is 0.428. The van der Waals surface area contributed by atoms with E-state index >= 15 is 0 Å². The SMILES string of the molecule is CSc1nc(C)c(CCC(=O)NCCNC(=O)C(C)C)c(C)n1. The molecular weight excluding hydrogens is 312 g/mol. The summed E-state index contributed by atoms with van der Waals surface area (Å²) in [7, 11) is 0. The van der Waals surface area contributed by atoms with E-state index in [4.69, 9.17) is 0 Å². The molecular formula is C16H26N4O2S. The van der Waals surface area contributed by atoms with E-state index < -0.39 is 0 Å². The molecule has 0 aliphatic carbocycles. The highest BCUT2D eigenvalue weighted by molar-refractivity contribution is 7.98. The average molecular weight is 338 g/mol. The van der Waals surface area contributed by atoms with Crippen LogP contribution < -0.4 is 10.6 Å². The molecule has 0 unspecified atom stereocenters. The number of amides is 2. The zero-order valence-corrected chi connectivity index (χ0v) is 15.3. The molecule has 23 heavy (non-hydrogen) atoms. The number of rotatable bonds is 8. The molecule has 0 fully saturated rings. The molecule has 2 amide bonds. The van der Waals surface area contributed by atoms with Gasteiger partial charge in [0.15, 0.2) is 5.16 Å². The van der Waals surface area contributed by atoms with Crippen LogP contribution >= 0.6 is 11.8 Å². The smallest absolute Gasteiger partial charge is 0.222 e. The molecule has 6 nitrogen and oxygen atoms in total. The van der Waals surface area contributed by atoms with Gasteiger partial charge in [-0.3, -0.25) is 9.59 Å². The van der Waals surface area contributed by atoms with E-state index in [2.05, 4.69) is 20.6 Å².